The molecule has 3 heterocycles. The van der Waals surface area contributed by atoms with Crippen molar-refractivity contribution in [3.63, 3.8) is 0 Å². The van der Waals surface area contributed by atoms with Gasteiger partial charge in [-0.1, -0.05) is 30.3 Å². The van der Waals surface area contributed by atoms with E-state index < -0.39 is 0 Å². The van der Waals surface area contributed by atoms with E-state index >= 15 is 0 Å². The van der Waals surface area contributed by atoms with E-state index in [1.54, 1.807) is 6.20 Å². The molecule has 0 fully saturated rings. The van der Waals surface area contributed by atoms with Gasteiger partial charge in [-0.3, -0.25) is 14.7 Å². The first kappa shape index (κ1) is 17.5. The third-order valence-corrected chi connectivity index (χ3v) is 5.45. The molecule has 0 unspecified atom stereocenters. The Morgan fingerprint density at radius 2 is 1.76 bits per heavy atom. The number of ketones is 1. The highest BCUT2D eigenvalue weighted by atomic mass is 16.1. The first-order valence-corrected chi connectivity index (χ1v) is 9.54. The van der Waals surface area contributed by atoms with Crippen molar-refractivity contribution in [1.82, 2.24) is 24.7 Å². The highest BCUT2D eigenvalue weighted by molar-refractivity contribution is 6.02. The van der Waals surface area contributed by atoms with E-state index in [0.29, 0.717) is 29.4 Å². The van der Waals surface area contributed by atoms with Crippen LogP contribution in [0.5, 0.6) is 0 Å². The fourth-order valence-electron chi connectivity index (χ4n) is 4.15. The van der Waals surface area contributed by atoms with Gasteiger partial charge < -0.3 is 0 Å². The predicted octanol–water partition coefficient (Wildman–Crippen LogP) is 3.03. The van der Waals surface area contributed by atoms with Crippen molar-refractivity contribution in [1.29, 1.82) is 0 Å². The number of aromatic amines is 1. The van der Waals surface area contributed by atoms with Crippen LogP contribution >= 0.6 is 0 Å². The molecule has 0 radical (unpaired) electrons. The van der Waals surface area contributed by atoms with E-state index in [1.807, 2.05) is 50.2 Å². The second-order valence-electron chi connectivity index (χ2n) is 7.52. The van der Waals surface area contributed by atoms with E-state index in [9.17, 15) is 9.59 Å². The minimum atomic E-state index is -0.282. The number of rotatable bonds is 2. The van der Waals surface area contributed by atoms with Gasteiger partial charge in [0.15, 0.2) is 11.4 Å². The number of pyridine rings is 1. The van der Waals surface area contributed by atoms with Crippen molar-refractivity contribution in [2.45, 2.75) is 32.6 Å². The first-order chi connectivity index (χ1) is 14.0. The molecule has 29 heavy (non-hydrogen) atoms. The molecule has 0 amide bonds. The molecular formula is C22H19N5O2. The van der Waals surface area contributed by atoms with Gasteiger partial charge in [0.2, 0.25) is 0 Å². The van der Waals surface area contributed by atoms with Crippen LogP contribution in [-0.2, 0) is 6.42 Å². The standard InChI is InChI=1S/C22H19N5O2/c1-12-8-13(2)25-22(24-12)27-21(29)19-16-9-15(14-6-4-3-5-7-14)10-18(28)17(16)11-23-20(19)26-27/h3-8,11,15H,9-10H2,1-2H3,(H,23,26)/t15-/m0/s1. The lowest BCUT2D eigenvalue weighted by Gasteiger charge is -2.23. The van der Waals surface area contributed by atoms with E-state index in [-0.39, 0.29) is 23.2 Å². The minimum absolute atomic E-state index is 0.0179. The van der Waals surface area contributed by atoms with Gasteiger partial charge in [-0.25, -0.2) is 15.0 Å². The summed E-state index contributed by atoms with van der Waals surface area (Å²) in [4.78, 5) is 39.2. The smallest absolute Gasteiger partial charge is 0.283 e. The maximum atomic E-state index is 13.3. The van der Waals surface area contributed by atoms with Gasteiger partial charge in [0.25, 0.3) is 11.5 Å². The zero-order valence-electron chi connectivity index (χ0n) is 16.1. The van der Waals surface area contributed by atoms with Gasteiger partial charge in [0.05, 0.1) is 5.39 Å². The molecule has 1 aromatic carbocycles. The Morgan fingerprint density at radius 3 is 2.48 bits per heavy atom. The normalized spacial score (nSPS) is 16.2. The molecule has 3 aromatic heterocycles. The molecule has 144 valence electrons. The van der Waals surface area contributed by atoms with E-state index in [0.717, 1.165) is 22.5 Å². The van der Waals surface area contributed by atoms with Crippen molar-refractivity contribution < 1.29 is 4.79 Å². The fourth-order valence-corrected chi connectivity index (χ4v) is 4.15. The van der Waals surface area contributed by atoms with Crippen LogP contribution < -0.4 is 5.56 Å². The second-order valence-corrected chi connectivity index (χ2v) is 7.52. The molecule has 0 spiro atoms. The molecular weight excluding hydrogens is 366 g/mol. The summed E-state index contributed by atoms with van der Waals surface area (Å²) in [5.41, 5.74) is 4.09. The number of H-pyrrole nitrogens is 1. The predicted molar refractivity (Wildman–Crippen MR) is 109 cm³/mol. The summed E-state index contributed by atoms with van der Waals surface area (Å²) in [6, 6.07) is 11.8. The quantitative estimate of drug-likeness (QED) is 0.572. The molecule has 1 aliphatic rings. The number of fused-ring (bicyclic) bond motifs is 3. The van der Waals surface area contributed by atoms with Gasteiger partial charge in [-0.15, -0.1) is 0 Å². The number of hydrogen-bond acceptors (Lipinski definition) is 5. The van der Waals surface area contributed by atoms with Gasteiger partial charge in [0, 0.05) is 29.6 Å². The Kier molecular flexibility index (Phi) is 3.91. The number of hydrogen-bond donors (Lipinski definition) is 1. The van der Waals surface area contributed by atoms with Gasteiger partial charge in [-0.2, -0.15) is 4.68 Å². The van der Waals surface area contributed by atoms with Crippen molar-refractivity contribution in [2.24, 2.45) is 0 Å². The Bertz CT molecular complexity index is 1300. The Hall–Kier alpha value is -3.61. The number of carbonyl (C=O) groups excluding carboxylic acids is 1. The first-order valence-electron chi connectivity index (χ1n) is 9.54. The zero-order valence-corrected chi connectivity index (χ0v) is 16.1. The summed E-state index contributed by atoms with van der Waals surface area (Å²) in [5, 5.41) is 3.45. The highest BCUT2D eigenvalue weighted by Crippen LogP contribution is 2.34. The SMILES string of the molecule is Cc1cc(C)nc(-n2[nH]c3ncc4c(c3c2=O)C[C@H](c2ccccc2)CC4=O)n1. The summed E-state index contributed by atoms with van der Waals surface area (Å²) in [6.45, 7) is 3.71. The number of aryl methyl sites for hydroxylation is 2. The summed E-state index contributed by atoms with van der Waals surface area (Å²) in [7, 11) is 0. The number of benzene rings is 1. The van der Waals surface area contributed by atoms with Crippen LogP contribution in [0.3, 0.4) is 0 Å². The van der Waals surface area contributed by atoms with Gasteiger partial charge in [0.1, 0.15) is 0 Å². The molecule has 4 aromatic rings. The highest BCUT2D eigenvalue weighted by Gasteiger charge is 2.30. The monoisotopic (exact) mass is 385 g/mol. The van der Waals surface area contributed by atoms with Crippen molar-refractivity contribution in [3.05, 3.63) is 81.0 Å². The number of nitrogens with one attached hydrogen (secondary N) is 1. The largest absolute Gasteiger partial charge is 0.294 e. The molecule has 0 bridgehead atoms. The van der Waals surface area contributed by atoms with Crippen LogP contribution in [0, 0.1) is 13.8 Å². The number of Topliss-reactive ketones (excluding diaryl/α,β-unsaturated/α-hetero) is 1. The topological polar surface area (TPSA) is 93.5 Å². The summed E-state index contributed by atoms with van der Waals surface area (Å²) in [5.74, 6) is 0.340. The second kappa shape index (κ2) is 6.48. The molecule has 5 rings (SSSR count). The van der Waals surface area contributed by atoms with Crippen LogP contribution in [0.4, 0.5) is 0 Å². The molecule has 1 atom stereocenters. The minimum Gasteiger partial charge on any atom is -0.294 e. The Labute approximate surface area is 166 Å². The lowest BCUT2D eigenvalue weighted by atomic mass is 9.79. The third kappa shape index (κ3) is 2.86. The Balaban J connectivity index is 1.70. The molecule has 1 aliphatic carbocycles. The third-order valence-electron chi connectivity index (χ3n) is 5.45. The lowest BCUT2D eigenvalue weighted by Crippen LogP contribution is -2.22. The maximum absolute atomic E-state index is 13.3. The molecule has 1 N–H and O–H groups in total. The molecule has 0 aliphatic heterocycles. The van der Waals surface area contributed by atoms with Crippen LogP contribution in [0.2, 0.25) is 0 Å². The van der Waals surface area contributed by atoms with E-state index in [2.05, 4.69) is 20.1 Å². The van der Waals surface area contributed by atoms with Crippen molar-refractivity contribution in [2.75, 3.05) is 0 Å². The molecule has 0 saturated carbocycles. The average molecular weight is 385 g/mol. The van der Waals surface area contributed by atoms with Gasteiger partial charge >= 0.3 is 0 Å². The molecule has 7 heteroatoms. The van der Waals surface area contributed by atoms with Crippen LogP contribution in [0.15, 0.2) is 47.4 Å². The van der Waals surface area contributed by atoms with Crippen LogP contribution in [-0.4, -0.2) is 30.5 Å². The Morgan fingerprint density at radius 1 is 1.03 bits per heavy atom. The number of aromatic nitrogens is 5. The maximum Gasteiger partial charge on any atom is 0.283 e. The summed E-state index contributed by atoms with van der Waals surface area (Å²) >= 11 is 0. The van der Waals surface area contributed by atoms with Gasteiger partial charge in [-0.05, 0) is 43.4 Å². The average Bonchev–Trinajstić information content (AvgIpc) is 3.05. The number of nitrogens with zero attached hydrogens (tertiary/aromatic N) is 4. The molecule has 7 nitrogen and oxygen atoms in total. The lowest BCUT2D eigenvalue weighted by molar-refractivity contribution is 0.0964. The zero-order chi connectivity index (χ0) is 20.1. The van der Waals surface area contributed by atoms with E-state index in [1.165, 1.54) is 4.68 Å². The van der Waals surface area contributed by atoms with E-state index in [4.69, 9.17) is 0 Å². The molecule has 0 saturated heterocycles. The summed E-state index contributed by atoms with van der Waals surface area (Å²) in [6.07, 6.45) is 2.61. The van der Waals surface area contributed by atoms with Crippen LogP contribution in [0.25, 0.3) is 17.0 Å². The van der Waals surface area contributed by atoms with Crippen molar-refractivity contribution >= 4 is 16.8 Å². The van der Waals surface area contributed by atoms with Crippen LogP contribution in [0.1, 0.15) is 45.2 Å². The van der Waals surface area contributed by atoms with Crippen molar-refractivity contribution in [3.8, 4) is 5.95 Å². The summed E-state index contributed by atoms with van der Waals surface area (Å²) < 4.78 is 1.31. The number of carbonyl (C=O) groups is 1. The fraction of sp³-hybridized carbons (Fsp3) is 0.227.